The summed E-state index contributed by atoms with van der Waals surface area (Å²) in [7, 11) is 0. The van der Waals surface area contributed by atoms with Crippen molar-refractivity contribution in [1.29, 1.82) is 0 Å². The van der Waals surface area contributed by atoms with Crippen molar-refractivity contribution in [3.05, 3.63) is 11.8 Å². The van der Waals surface area contributed by atoms with E-state index < -0.39 is 15.8 Å². The predicted molar refractivity (Wildman–Crippen MR) is 70.4 cm³/mol. The second kappa shape index (κ2) is 5.09. The van der Waals surface area contributed by atoms with Crippen LogP contribution in [0.3, 0.4) is 0 Å². The van der Waals surface area contributed by atoms with Crippen LogP contribution in [-0.4, -0.2) is 44.3 Å². The Morgan fingerprint density at radius 1 is 1.61 bits per heavy atom. The first kappa shape index (κ1) is 14.3. The number of carbonyl (C=O) groups excluding carboxylic acids is 2. The summed E-state index contributed by atoms with van der Waals surface area (Å²) in [6.07, 6.45) is 1.60. The van der Waals surface area contributed by atoms with Gasteiger partial charge in [0.25, 0.3) is 0 Å². The van der Waals surface area contributed by atoms with Crippen LogP contribution in [0.2, 0.25) is 0 Å². The van der Waals surface area contributed by atoms with E-state index >= 15 is 0 Å². The van der Waals surface area contributed by atoms with Gasteiger partial charge in [0.15, 0.2) is 0 Å². The lowest BCUT2D eigenvalue weighted by Crippen LogP contribution is -2.68. The van der Waals surface area contributed by atoms with Crippen molar-refractivity contribution >= 4 is 58.4 Å². The Morgan fingerprint density at radius 3 is 2.89 bits per heavy atom. The van der Waals surface area contributed by atoms with E-state index in [1.807, 2.05) is 0 Å². The van der Waals surface area contributed by atoms with Crippen LogP contribution < -0.4 is 5.73 Å². The quantitative estimate of drug-likeness (QED) is 0.465. The zero-order valence-corrected chi connectivity index (χ0v) is 12.0. The number of nitrogens with zero attached hydrogens (tertiary/aromatic N) is 1. The van der Waals surface area contributed by atoms with Crippen molar-refractivity contribution in [3.8, 4) is 0 Å². The van der Waals surface area contributed by atoms with Crippen molar-refractivity contribution in [3.63, 3.8) is 0 Å². The second-order valence-corrected chi connectivity index (χ2v) is 7.40. The molecule has 0 aromatic carbocycles. The van der Waals surface area contributed by atoms with Crippen LogP contribution in [0.5, 0.6) is 0 Å². The first-order chi connectivity index (χ1) is 8.31. The molecule has 0 radical (unpaired) electrons. The number of fused-ring (bicyclic) bond motifs is 1. The van der Waals surface area contributed by atoms with Crippen LogP contribution in [-0.2, 0) is 14.3 Å². The van der Waals surface area contributed by atoms with Gasteiger partial charge in [0.2, 0.25) is 9.70 Å². The molecule has 0 aliphatic carbocycles. The Balaban J connectivity index is 2.02. The smallest absolute Gasteiger partial charge is 0.354 e. The summed E-state index contributed by atoms with van der Waals surface area (Å²) in [5.74, 6) is -0.406. The summed E-state index contributed by atoms with van der Waals surface area (Å²) in [6, 6.07) is -0.570. The molecule has 0 spiro atoms. The zero-order valence-electron chi connectivity index (χ0n) is 8.94. The van der Waals surface area contributed by atoms with Crippen LogP contribution in [0, 0.1) is 0 Å². The first-order valence-electron chi connectivity index (χ1n) is 4.95. The first-order valence-corrected chi connectivity index (χ1v) is 7.14. The van der Waals surface area contributed by atoms with E-state index in [0.29, 0.717) is 5.75 Å². The van der Waals surface area contributed by atoms with Crippen molar-refractivity contribution in [2.24, 2.45) is 5.73 Å². The third-order valence-electron chi connectivity index (χ3n) is 2.46. The van der Waals surface area contributed by atoms with E-state index in [-0.39, 0.29) is 23.6 Å². The summed E-state index contributed by atoms with van der Waals surface area (Å²) in [5.41, 5.74) is 5.79. The van der Waals surface area contributed by atoms with Gasteiger partial charge in [0.1, 0.15) is 23.7 Å². The normalized spacial score (nSPS) is 27.2. The number of rotatable bonds is 2. The number of hydrogen-bond donors (Lipinski definition) is 1. The third kappa shape index (κ3) is 2.72. The van der Waals surface area contributed by atoms with Crippen LogP contribution >= 0.6 is 46.6 Å². The van der Waals surface area contributed by atoms with Gasteiger partial charge < -0.3 is 10.5 Å². The molecule has 1 saturated heterocycles. The van der Waals surface area contributed by atoms with Gasteiger partial charge in [-0.3, -0.25) is 9.69 Å². The Labute approximate surface area is 123 Å². The van der Waals surface area contributed by atoms with E-state index in [2.05, 4.69) is 0 Å². The number of halogens is 3. The molecule has 0 bridgehead atoms. The molecule has 5 nitrogen and oxygen atoms in total. The number of β-lactam (4-membered cyclic amide) rings is 1. The van der Waals surface area contributed by atoms with E-state index in [0.717, 1.165) is 0 Å². The molecule has 2 N–H and O–H groups in total. The molecule has 0 aromatic heterocycles. The minimum atomic E-state index is -1.67. The van der Waals surface area contributed by atoms with Crippen molar-refractivity contribution in [1.82, 2.24) is 4.90 Å². The molecule has 2 heterocycles. The lowest BCUT2D eigenvalue weighted by atomic mass is 10.1. The average molecular weight is 332 g/mol. The maximum Gasteiger partial charge on any atom is 0.354 e. The maximum absolute atomic E-state index is 11.8. The lowest BCUT2D eigenvalue weighted by molar-refractivity contribution is -0.150. The number of carbonyl (C=O) groups is 2. The number of amides is 1. The van der Waals surface area contributed by atoms with Crippen molar-refractivity contribution in [2.45, 2.75) is 15.2 Å². The fourth-order valence-corrected chi connectivity index (χ4v) is 2.95. The van der Waals surface area contributed by atoms with Crippen LogP contribution in [0.1, 0.15) is 0 Å². The number of ether oxygens (including phenoxy) is 1. The summed E-state index contributed by atoms with van der Waals surface area (Å²) < 4.78 is 3.16. The molecule has 0 aromatic rings. The molecule has 0 unspecified atom stereocenters. The standard InChI is InChI=1S/C9H9Cl3N2O3S/c10-9(11,12)3-17-8(16)4-1-2-18-7-5(13)6(15)14(4)7/h1,5,7H,2-3,13H2/t5-,7-/m1/s1. The van der Waals surface area contributed by atoms with E-state index in [1.54, 1.807) is 6.08 Å². The molecule has 18 heavy (non-hydrogen) atoms. The molecular weight excluding hydrogens is 323 g/mol. The Bertz CT molecular complexity index is 424. The Morgan fingerprint density at radius 2 is 2.28 bits per heavy atom. The number of thioether (sulfide) groups is 1. The van der Waals surface area contributed by atoms with Crippen LogP contribution in [0.15, 0.2) is 11.8 Å². The van der Waals surface area contributed by atoms with Gasteiger partial charge in [-0.2, -0.15) is 0 Å². The number of esters is 1. The highest BCUT2D eigenvalue weighted by Gasteiger charge is 2.50. The van der Waals surface area contributed by atoms with Gasteiger partial charge in [-0.25, -0.2) is 4.79 Å². The lowest BCUT2D eigenvalue weighted by Gasteiger charge is -2.46. The fourth-order valence-electron chi connectivity index (χ4n) is 1.65. The number of alkyl halides is 3. The summed E-state index contributed by atoms with van der Waals surface area (Å²) in [6.45, 7) is -0.375. The fraction of sp³-hybridized carbons (Fsp3) is 0.556. The molecule has 2 atom stereocenters. The van der Waals surface area contributed by atoms with Crippen molar-refractivity contribution in [2.75, 3.05) is 12.4 Å². The third-order valence-corrected chi connectivity index (χ3v) is 4.00. The molecule has 0 saturated carbocycles. The van der Waals surface area contributed by atoms with E-state index in [1.165, 1.54) is 16.7 Å². The molecule has 2 rings (SSSR count). The van der Waals surface area contributed by atoms with Gasteiger partial charge in [-0.1, -0.05) is 34.8 Å². The molecule has 2 aliphatic rings. The summed E-state index contributed by atoms with van der Waals surface area (Å²) in [5, 5.41) is -0.210. The number of hydrogen-bond acceptors (Lipinski definition) is 5. The molecular formula is C9H9Cl3N2O3S. The molecule has 9 heteroatoms. The molecule has 1 fully saturated rings. The highest BCUT2D eigenvalue weighted by molar-refractivity contribution is 8.00. The highest BCUT2D eigenvalue weighted by Crippen LogP contribution is 2.37. The topological polar surface area (TPSA) is 72.6 Å². The monoisotopic (exact) mass is 330 g/mol. The zero-order chi connectivity index (χ0) is 13.5. The highest BCUT2D eigenvalue weighted by atomic mass is 35.6. The minimum absolute atomic E-state index is 0.166. The van der Waals surface area contributed by atoms with Gasteiger partial charge in [0.05, 0.1) is 0 Å². The molecule has 1 amide bonds. The average Bonchev–Trinajstić information content (AvgIpc) is 2.33. The van der Waals surface area contributed by atoms with Gasteiger partial charge in [0, 0.05) is 5.75 Å². The van der Waals surface area contributed by atoms with Crippen LogP contribution in [0.4, 0.5) is 0 Å². The van der Waals surface area contributed by atoms with Crippen LogP contribution in [0.25, 0.3) is 0 Å². The largest absolute Gasteiger partial charge is 0.456 e. The summed E-state index contributed by atoms with van der Waals surface area (Å²) in [4.78, 5) is 24.7. The Hall–Kier alpha value is -0.140. The second-order valence-electron chi connectivity index (χ2n) is 3.74. The molecule has 2 aliphatic heterocycles. The predicted octanol–water partition coefficient (Wildman–Crippen LogP) is 1.03. The SMILES string of the molecule is N[C@@H]1C(=O)N2C(C(=O)OCC(Cl)(Cl)Cl)=CCS[C@H]12. The summed E-state index contributed by atoms with van der Waals surface area (Å²) >= 11 is 17.9. The maximum atomic E-state index is 11.8. The molecule has 100 valence electrons. The van der Waals surface area contributed by atoms with Crippen molar-refractivity contribution < 1.29 is 14.3 Å². The van der Waals surface area contributed by atoms with E-state index in [4.69, 9.17) is 45.3 Å². The van der Waals surface area contributed by atoms with Gasteiger partial charge in [-0.05, 0) is 6.08 Å². The van der Waals surface area contributed by atoms with Gasteiger partial charge in [-0.15, -0.1) is 11.8 Å². The Kier molecular flexibility index (Phi) is 4.04. The van der Waals surface area contributed by atoms with E-state index in [9.17, 15) is 9.59 Å². The number of nitrogens with two attached hydrogens (primary N) is 1. The van der Waals surface area contributed by atoms with Gasteiger partial charge >= 0.3 is 5.97 Å². The minimum Gasteiger partial charge on any atom is -0.456 e.